The molecule has 1 aromatic carbocycles. The highest BCUT2D eigenvalue weighted by atomic mass is 35.5. The summed E-state index contributed by atoms with van der Waals surface area (Å²) in [6.07, 6.45) is 5.37. The molecule has 1 amide bonds. The third kappa shape index (κ3) is 3.64. The molecule has 4 aliphatic carbocycles. The minimum absolute atomic E-state index is 0.0229. The number of aliphatic hydroxyl groups is 1. The molecule has 7 heteroatoms. The van der Waals surface area contributed by atoms with Gasteiger partial charge in [0.2, 0.25) is 0 Å². The number of carbonyl (C=O) groups is 1. The van der Waals surface area contributed by atoms with E-state index < -0.39 is 5.60 Å². The van der Waals surface area contributed by atoms with Crippen molar-refractivity contribution in [2.24, 2.45) is 17.8 Å². The average molecular weight is 442 g/mol. The summed E-state index contributed by atoms with van der Waals surface area (Å²) in [4.78, 5) is 19.4. The Morgan fingerprint density at radius 2 is 2.00 bits per heavy atom. The average Bonchev–Trinajstić information content (AvgIpc) is 3.18. The third-order valence-electron chi connectivity index (χ3n) is 7.84. The molecular formula is C24H28ClN3O3. The molecule has 5 fully saturated rings. The van der Waals surface area contributed by atoms with Gasteiger partial charge in [-0.25, -0.2) is 9.78 Å². The van der Waals surface area contributed by atoms with Gasteiger partial charge in [-0.2, -0.15) is 0 Å². The van der Waals surface area contributed by atoms with E-state index in [0.717, 1.165) is 55.2 Å². The summed E-state index contributed by atoms with van der Waals surface area (Å²) in [5.74, 6) is 2.08. The van der Waals surface area contributed by atoms with Gasteiger partial charge in [0, 0.05) is 29.5 Å². The lowest BCUT2D eigenvalue weighted by atomic mass is 9.53. The van der Waals surface area contributed by atoms with Crippen molar-refractivity contribution in [3.63, 3.8) is 0 Å². The summed E-state index contributed by atoms with van der Waals surface area (Å²) in [7, 11) is 0. The quantitative estimate of drug-likeness (QED) is 0.736. The van der Waals surface area contributed by atoms with Gasteiger partial charge in [-0.15, -0.1) is 0 Å². The normalized spacial score (nSPS) is 36.2. The fraction of sp³-hybridized carbons (Fsp3) is 0.583. The first kappa shape index (κ1) is 19.6. The molecule has 2 aromatic rings. The van der Waals surface area contributed by atoms with Gasteiger partial charge in [0.25, 0.3) is 0 Å². The molecule has 1 aromatic heterocycles. The predicted molar refractivity (Wildman–Crippen MR) is 119 cm³/mol. The number of benzene rings is 1. The molecular weight excluding hydrogens is 414 g/mol. The van der Waals surface area contributed by atoms with Crippen LogP contribution in [0, 0.1) is 17.8 Å². The lowest BCUT2D eigenvalue weighted by Gasteiger charge is -2.57. The van der Waals surface area contributed by atoms with Crippen molar-refractivity contribution >= 4 is 34.4 Å². The molecule has 6 nitrogen and oxygen atoms in total. The van der Waals surface area contributed by atoms with E-state index in [1.165, 1.54) is 0 Å². The summed E-state index contributed by atoms with van der Waals surface area (Å²) in [6, 6.07) is 9.80. The Labute approximate surface area is 186 Å². The molecule has 164 valence electrons. The second-order valence-corrected chi connectivity index (χ2v) is 10.6. The molecule has 3 atom stereocenters. The number of anilines is 1. The van der Waals surface area contributed by atoms with Crippen molar-refractivity contribution in [2.45, 2.75) is 56.3 Å². The summed E-state index contributed by atoms with van der Waals surface area (Å²) >= 11 is 6.05. The Kier molecular flexibility index (Phi) is 4.58. The topological polar surface area (TPSA) is 74.7 Å². The first-order chi connectivity index (χ1) is 14.9. The van der Waals surface area contributed by atoms with Crippen LogP contribution in [0.4, 0.5) is 10.6 Å². The highest BCUT2D eigenvalue weighted by molar-refractivity contribution is 6.31. The molecule has 7 rings (SSSR count). The Hall–Kier alpha value is -2.05. The predicted octanol–water partition coefficient (Wildman–Crippen LogP) is 4.45. The minimum Gasteiger partial charge on any atom is -0.446 e. The number of nitrogens with zero attached hydrogens (tertiary/aromatic N) is 2. The molecule has 2 heterocycles. The van der Waals surface area contributed by atoms with Crippen LogP contribution >= 0.6 is 11.6 Å². The van der Waals surface area contributed by atoms with E-state index in [1.807, 2.05) is 35.2 Å². The number of amides is 1. The van der Waals surface area contributed by atoms with Crippen LogP contribution < -0.4 is 5.32 Å². The zero-order valence-electron chi connectivity index (χ0n) is 17.5. The van der Waals surface area contributed by atoms with Gasteiger partial charge in [-0.1, -0.05) is 11.6 Å². The zero-order chi connectivity index (χ0) is 21.2. The van der Waals surface area contributed by atoms with Crippen molar-refractivity contribution in [3.05, 3.63) is 35.4 Å². The minimum atomic E-state index is -0.500. The first-order valence-corrected chi connectivity index (χ1v) is 11.8. The monoisotopic (exact) mass is 441 g/mol. The van der Waals surface area contributed by atoms with Crippen molar-refractivity contribution in [3.8, 4) is 0 Å². The van der Waals surface area contributed by atoms with Crippen LogP contribution in [0.3, 0.4) is 0 Å². The maximum atomic E-state index is 12.9. The van der Waals surface area contributed by atoms with Crippen molar-refractivity contribution in [1.82, 2.24) is 9.88 Å². The van der Waals surface area contributed by atoms with Crippen LogP contribution in [0.1, 0.15) is 38.5 Å². The highest BCUT2D eigenvalue weighted by Gasteiger charge is 2.56. The molecule has 1 aliphatic heterocycles. The van der Waals surface area contributed by atoms with E-state index in [-0.39, 0.29) is 18.2 Å². The Bertz CT molecular complexity index is 1010. The van der Waals surface area contributed by atoms with E-state index >= 15 is 0 Å². The maximum absolute atomic E-state index is 12.9. The van der Waals surface area contributed by atoms with Gasteiger partial charge in [0.1, 0.15) is 11.9 Å². The first-order valence-electron chi connectivity index (χ1n) is 11.4. The number of rotatable bonds is 3. The van der Waals surface area contributed by atoms with Gasteiger partial charge >= 0.3 is 6.09 Å². The molecule has 2 N–H and O–H groups in total. The summed E-state index contributed by atoms with van der Waals surface area (Å²) in [5.41, 5.74) is 0.396. The van der Waals surface area contributed by atoms with Crippen LogP contribution in [0.2, 0.25) is 5.02 Å². The number of carbonyl (C=O) groups excluding carboxylic acids is 1. The largest absolute Gasteiger partial charge is 0.446 e. The van der Waals surface area contributed by atoms with Gasteiger partial charge in [0.05, 0.1) is 11.1 Å². The smallest absolute Gasteiger partial charge is 0.410 e. The molecule has 1 unspecified atom stereocenters. The van der Waals surface area contributed by atoms with E-state index in [4.69, 9.17) is 16.3 Å². The fourth-order valence-corrected chi connectivity index (χ4v) is 6.93. The molecule has 0 radical (unpaired) electrons. The zero-order valence-corrected chi connectivity index (χ0v) is 18.2. The molecule has 4 bridgehead atoms. The van der Waals surface area contributed by atoms with Crippen molar-refractivity contribution in [2.75, 3.05) is 18.4 Å². The fourth-order valence-electron chi connectivity index (χ4n) is 6.75. The van der Waals surface area contributed by atoms with Gasteiger partial charge in [-0.3, -0.25) is 0 Å². The Morgan fingerprint density at radius 3 is 2.77 bits per heavy atom. The SMILES string of the molecule is O=C(OC1[C@@H]2CC3C[C@@H]1CC(O)(C3)C2)N1CCC(Nc2ccc3cc(Cl)ccc3n2)C1. The van der Waals surface area contributed by atoms with Crippen molar-refractivity contribution in [1.29, 1.82) is 0 Å². The van der Waals surface area contributed by atoms with E-state index in [1.54, 1.807) is 0 Å². The lowest BCUT2D eigenvalue weighted by Crippen LogP contribution is -2.58. The summed E-state index contributed by atoms with van der Waals surface area (Å²) < 4.78 is 6.04. The number of hydrogen-bond acceptors (Lipinski definition) is 5. The van der Waals surface area contributed by atoms with Gasteiger partial charge in [0.15, 0.2) is 0 Å². The van der Waals surface area contributed by atoms with E-state index in [0.29, 0.717) is 35.9 Å². The van der Waals surface area contributed by atoms with Crippen LogP contribution in [-0.2, 0) is 4.74 Å². The molecule has 1 saturated heterocycles. The van der Waals surface area contributed by atoms with Crippen LogP contribution in [-0.4, -0.2) is 51.9 Å². The Balaban J connectivity index is 1.07. The lowest BCUT2D eigenvalue weighted by molar-refractivity contribution is -0.177. The van der Waals surface area contributed by atoms with E-state index in [2.05, 4.69) is 10.3 Å². The second-order valence-electron chi connectivity index (χ2n) is 10.2. The summed E-state index contributed by atoms with van der Waals surface area (Å²) in [5, 5.41) is 15.9. The van der Waals surface area contributed by atoms with Gasteiger partial charge < -0.3 is 20.1 Å². The molecule has 5 aliphatic rings. The van der Waals surface area contributed by atoms with Crippen LogP contribution in [0.25, 0.3) is 10.9 Å². The standard InChI is InChI=1S/C24H28ClN3O3/c25-18-2-3-20-15(9-18)1-4-21(27-20)26-19-5-6-28(13-19)23(29)31-22-16-7-14-8-17(22)12-24(30,10-14)11-16/h1-4,9,14,16-17,19,22,30H,5-8,10-13H2,(H,26,27)/t14?,16-,17-,19?,22?,24?/m1/s1. The number of halogens is 1. The number of hydrogen-bond donors (Lipinski definition) is 2. The number of aromatic nitrogens is 1. The maximum Gasteiger partial charge on any atom is 0.410 e. The third-order valence-corrected chi connectivity index (χ3v) is 8.08. The van der Waals surface area contributed by atoms with Crippen molar-refractivity contribution < 1.29 is 14.6 Å². The second kappa shape index (κ2) is 7.24. The van der Waals surface area contributed by atoms with Gasteiger partial charge in [-0.05, 0) is 86.6 Å². The molecule has 0 spiro atoms. The number of nitrogens with one attached hydrogen (secondary N) is 1. The number of likely N-dealkylation sites (tertiary alicyclic amines) is 1. The van der Waals surface area contributed by atoms with Crippen LogP contribution in [0.5, 0.6) is 0 Å². The Morgan fingerprint density at radius 1 is 1.19 bits per heavy atom. The number of pyridine rings is 1. The number of ether oxygens (including phenoxy) is 1. The van der Waals surface area contributed by atoms with E-state index in [9.17, 15) is 9.90 Å². The highest BCUT2D eigenvalue weighted by Crippen LogP contribution is 2.56. The molecule has 4 saturated carbocycles. The van der Waals surface area contributed by atoms with Crippen LogP contribution in [0.15, 0.2) is 30.3 Å². The number of fused-ring (bicyclic) bond motifs is 1. The molecule has 31 heavy (non-hydrogen) atoms. The summed E-state index contributed by atoms with van der Waals surface area (Å²) in [6.45, 7) is 1.31.